The highest BCUT2D eigenvalue weighted by Gasteiger charge is 2.32. The maximum atomic E-state index is 11.9. The summed E-state index contributed by atoms with van der Waals surface area (Å²) in [5, 5.41) is 13.2. The van der Waals surface area contributed by atoms with E-state index in [-0.39, 0.29) is 5.91 Å². The van der Waals surface area contributed by atoms with Crippen molar-refractivity contribution in [3.05, 3.63) is 49.3 Å². The predicted octanol–water partition coefficient (Wildman–Crippen LogP) is 2.02. The van der Waals surface area contributed by atoms with Gasteiger partial charge in [-0.3, -0.25) is 4.79 Å². The Bertz CT molecular complexity index is 399. The number of nitrogens with one attached hydrogen (secondary N) is 2. The van der Waals surface area contributed by atoms with Gasteiger partial charge in [-0.05, 0) is 25.8 Å². The van der Waals surface area contributed by atoms with E-state index in [1.165, 1.54) is 0 Å². The molecule has 98 valence electrons. The van der Waals surface area contributed by atoms with E-state index in [0.717, 1.165) is 0 Å². The van der Waals surface area contributed by atoms with Crippen molar-refractivity contribution < 1.29 is 9.90 Å². The molecule has 0 aliphatic heterocycles. The number of aromatic amines is 1. The minimum absolute atomic E-state index is 0.213. The summed E-state index contributed by atoms with van der Waals surface area (Å²) < 4.78 is 0. The fourth-order valence-electron chi connectivity index (χ4n) is 1.82. The smallest absolute Gasteiger partial charge is 0.253 e. The molecule has 4 nitrogen and oxygen atoms in total. The van der Waals surface area contributed by atoms with E-state index in [1.807, 2.05) is 0 Å². The van der Waals surface area contributed by atoms with Crippen LogP contribution in [0.5, 0.6) is 0 Å². The second-order valence-electron chi connectivity index (χ2n) is 4.38. The minimum atomic E-state index is -1.05. The zero-order chi connectivity index (χ0) is 13.6. The monoisotopic (exact) mass is 248 g/mol. The van der Waals surface area contributed by atoms with Crippen LogP contribution in [0.3, 0.4) is 0 Å². The Morgan fingerprint density at radius 3 is 2.61 bits per heavy atom. The van der Waals surface area contributed by atoms with Gasteiger partial charge in [0.05, 0.1) is 17.2 Å². The van der Waals surface area contributed by atoms with Crippen LogP contribution in [0.25, 0.3) is 0 Å². The van der Waals surface area contributed by atoms with Crippen molar-refractivity contribution in [1.82, 2.24) is 10.3 Å². The first kappa shape index (κ1) is 14.3. The summed E-state index contributed by atoms with van der Waals surface area (Å²) in [5.74, 6) is -0.213. The molecular weight excluding hydrogens is 228 g/mol. The van der Waals surface area contributed by atoms with Crippen LogP contribution in [0.15, 0.2) is 43.8 Å². The zero-order valence-electron chi connectivity index (χ0n) is 10.6. The van der Waals surface area contributed by atoms with Gasteiger partial charge in [0.1, 0.15) is 0 Å². The third-order valence-electron chi connectivity index (χ3n) is 3.01. The molecule has 0 saturated carbocycles. The van der Waals surface area contributed by atoms with E-state index in [9.17, 15) is 9.90 Å². The zero-order valence-corrected chi connectivity index (χ0v) is 10.6. The van der Waals surface area contributed by atoms with E-state index >= 15 is 0 Å². The summed E-state index contributed by atoms with van der Waals surface area (Å²) in [5.41, 5.74) is -0.503. The molecular formula is C14H20N2O2. The van der Waals surface area contributed by atoms with Crippen LogP contribution in [-0.4, -0.2) is 27.6 Å². The van der Waals surface area contributed by atoms with Crippen molar-refractivity contribution in [3.63, 3.8) is 0 Å². The fraction of sp³-hybridized carbons (Fsp3) is 0.357. The van der Waals surface area contributed by atoms with E-state index < -0.39 is 11.6 Å². The van der Waals surface area contributed by atoms with Gasteiger partial charge in [0.2, 0.25) is 0 Å². The SMILES string of the molecule is C=CCC(O)(CC=C)C(C)NC(=O)c1cc[nH]c1. The molecule has 0 saturated heterocycles. The van der Waals surface area contributed by atoms with Crippen LogP contribution in [0.4, 0.5) is 0 Å². The van der Waals surface area contributed by atoms with Gasteiger partial charge in [-0.1, -0.05) is 12.2 Å². The number of hydrogen-bond acceptors (Lipinski definition) is 2. The number of rotatable bonds is 7. The van der Waals surface area contributed by atoms with Crippen LogP contribution in [0, 0.1) is 0 Å². The Morgan fingerprint density at radius 1 is 1.56 bits per heavy atom. The molecule has 1 amide bonds. The summed E-state index contributed by atoms with van der Waals surface area (Å²) in [6.45, 7) is 9.03. The molecule has 1 unspecified atom stereocenters. The first-order valence-corrected chi connectivity index (χ1v) is 5.91. The van der Waals surface area contributed by atoms with Crippen LogP contribution in [-0.2, 0) is 0 Å². The maximum Gasteiger partial charge on any atom is 0.253 e. The molecule has 1 heterocycles. The third-order valence-corrected chi connectivity index (χ3v) is 3.01. The van der Waals surface area contributed by atoms with Gasteiger partial charge in [-0.15, -0.1) is 13.2 Å². The highest BCUT2D eigenvalue weighted by atomic mass is 16.3. The second kappa shape index (κ2) is 6.21. The Morgan fingerprint density at radius 2 is 2.17 bits per heavy atom. The molecule has 1 rings (SSSR count). The minimum Gasteiger partial charge on any atom is -0.387 e. The van der Waals surface area contributed by atoms with Gasteiger partial charge < -0.3 is 15.4 Å². The number of amides is 1. The van der Waals surface area contributed by atoms with Gasteiger partial charge in [-0.2, -0.15) is 0 Å². The van der Waals surface area contributed by atoms with E-state index in [4.69, 9.17) is 0 Å². The normalized spacial score (nSPS) is 12.8. The summed E-state index contributed by atoms with van der Waals surface area (Å²) in [6, 6.07) is 1.29. The Kier molecular flexibility index (Phi) is 4.92. The first-order chi connectivity index (χ1) is 8.53. The molecule has 1 aromatic heterocycles. The predicted molar refractivity (Wildman–Crippen MR) is 72.3 cm³/mol. The highest BCUT2D eigenvalue weighted by molar-refractivity contribution is 5.94. The average Bonchev–Trinajstić information content (AvgIpc) is 2.82. The second-order valence-corrected chi connectivity index (χ2v) is 4.38. The lowest BCUT2D eigenvalue weighted by Gasteiger charge is -2.33. The highest BCUT2D eigenvalue weighted by Crippen LogP contribution is 2.21. The number of aromatic nitrogens is 1. The Hall–Kier alpha value is -1.81. The topological polar surface area (TPSA) is 65.1 Å². The summed E-state index contributed by atoms with van der Waals surface area (Å²) in [4.78, 5) is 14.7. The molecule has 4 heteroatoms. The van der Waals surface area contributed by atoms with Gasteiger partial charge in [0.25, 0.3) is 5.91 Å². The summed E-state index contributed by atoms with van der Waals surface area (Å²) >= 11 is 0. The number of H-pyrrole nitrogens is 1. The molecule has 0 aliphatic rings. The Labute approximate surface area is 107 Å². The molecule has 0 aliphatic carbocycles. The van der Waals surface area contributed by atoms with Crippen molar-refractivity contribution in [1.29, 1.82) is 0 Å². The maximum absolute atomic E-state index is 11.9. The van der Waals surface area contributed by atoms with E-state index in [2.05, 4.69) is 23.5 Å². The number of aliphatic hydroxyl groups is 1. The van der Waals surface area contributed by atoms with E-state index in [0.29, 0.717) is 18.4 Å². The molecule has 0 bridgehead atoms. The summed E-state index contributed by atoms with van der Waals surface area (Å²) in [6.07, 6.45) is 7.37. The first-order valence-electron chi connectivity index (χ1n) is 5.91. The van der Waals surface area contributed by atoms with Crippen molar-refractivity contribution in [2.45, 2.75) is 31.4 Å². The van der Waals surface area contributed by atoms with Crippen molar-refractivity contribution in [3.8, 4) is 0 Å². The number of carbonyl (C=O) groups is 1. The van der Waals surface area contributed by atoms with Gasteiger partial charge >= 0.3 is 0 Å². The molecule has 0 radical (unpaired) electrons. The van der Waals surface area contributed by atoms with Crippen molar-refractivity contribution in [2.75, 3.05) is 0 Å². The molecule has 3 N–H and O–H groups in total. The fourth-order valence-corrected chi connectivity index (χ4v) is 1.82. The molecule has 0 spiro atoms. The molecule has 18 heavy (non-hydrogen) atoms. The molecule has 0 fully saturated rings. The van der Waals surface area contributed by atoms with Crippen LogP contribution in [0.1, 0.15) is 30.1 Å². The Balaban J connectivity index is 2.72. The average molecular weight is 248 g/mol. The lowest BCUT2D eigenvalue weighted by Crippen LogP contribution is -2.50. The quantitative estimate of drug-likeness (QED) is 0.646. The van der Waals surface area contributed by atoms with Crippen LogP contribution < -0.4 is 5.32 Å². The van der Waals surface area contributed by atoms with Crippen molar-refractivity contribution >= 4 is 5.91 Å². The molecule has 1 aromatic rings. The number of hydrogen-bond donors (Lipinski definition) is 3. The van der Waals surface area contributed by atoms with E-state index in [1.54, 1.807) is 37.5 Å². The number of carbonyl (C=O) groups excluding carboxylic acids is 1. The largest absolute Gasteiger partial charge is 0.387 e. The van der Waals surface area contributed by atoms with Gasteiger partial charge in [0.15, 0.2) is 0 Å². The standard InChI is InChI=1S/C14H20N2O2/c1-4-7-14(18,8-5-2)11(3)16-13(17)12-6-9-15-10-12/h4-6,9-11,15,18H,1-2,7-8H2,3H3,(H,16,17). The lowest BCUT2D eigenvalue weighted by atomic mass is 9.88. The van der Waals surface area contributed by atoms with Gasteiger partial charge in [0, 0.05) is 12.4 Å². The van der Waals surface area contributed by atoms with Crippen molar-refractivity contribution in [2.24, 2.45) is 0 Å². The van der Waals surface area contributed by atoms with Crippen LogP contribution in [0.2, 0.25) is 0 Å². The van der Waals surface area contributed by atoms with Crippen LogP contribution >= 0.6 is 0 Å². The summed E-state index contributed by atoms with van der Waals surface area (Å²) in [7, 11) is 0. The lowest BCUT2D eigenvalue weighted by molar-refractivity contribution is 0.0127. The third kappa shape index (κ3) is 3.34. The van der Waals surface area contributed by atoms with Gasteiger partial charge in [-0.25, -0.2) is 0 Å². The molecule has 1 atom stereocenters. The molecule has 0 aromatic carbocycles.